The normalized spacial score (nSPS) is 11.0. The monoisotopic (exact) mass is 304 g/mol. The largest absolute Gasteiger partial charge is 0.393 e. The molecule has 3 N–H and O–H groups in total. The molecule has 1 amide bonds. The van der Waals surface area contributed by atoms with Gasteiger partial charge in [-0.2, -0.15) is 0 Å². The van der Waals surface area contributed by atoms with Gasteiger partial charge in [0.1, 0.15) is 5.82 Å². The van der Waals surface area contributed by atoms with Crippen molar-refractivity contribution in [3.05, 3.63) is 30.1 Å². The number of hydrogen-bond donors (Lipinski definition) is 2. The van der Waals surface area contributed by atoms with Gasteiger partial charge in [0.05, 0.1) is 22.4 Å². The number of nitrogens with zero attached hydrogens (tertiary/aromatic N) is 2. The fourth-order valence-electron chi connectivity index (χ4n) is 2.27. The Morgan fingerprint density at radius 1 is 1.43 bits per heavy atom. The molecule has 5 nitrogen and oxygen atoms in total. The van der Waals surface area contributed by atoms with E-state index in [4.69, 9.17) is 18.0 Å². The highest BCUT2D eigenvalue weighted by Crippen LogP contribution is 2.17. The summed E-state index contributed by atoms with van der Waals surface area (Å²) < 4.78 is 2.02. The number of nitrogens with one attached hydrogen (secondary N) is 1. The third-order valence-corrected chi connectivity index (χ3v) is 3.22. The maximum atomic E-state index is 11.8. The summed E-state index contributed by atoms with van der Waals surface area (Å²) in [5.74, 6) is 0.838. The van der Waals surface area contributed by atoms with Crippen LogP contribution in [0.4, 0.5) is 0 Å². The minimum atomic E-state index is 0.0315. The molecule has 0 saturated carbocycles. The topological polar surface area (TPSA) is 72.9 Å². The van der Waals surface area contributed by atoms with Crippen molar-refractivity contribution in [2.45, 2.75) is 39.3 Å². The molecule has 0 atom stereocenters. The molecule has 0 fully saturated rings. The number of carbonyl (C=O) groups excluding carboxylic acids is 1. The van der Waals surface area contributed by atoms with Crippen LogP contribution in [0.25, 0.3) is 11.0 Å². The molecule has 0 radical (unpaired) electrons. The second-order valence-corrected chi connectivity index (χ2v) is 5.81. The van der Waals surface area contributed by atoms with Gasteiger partial charge >= 0.3 is 0 Å². The lowest BCUT2D eigenvalue weighted by Gasteiger charge is -2.11. The summed E-state index contributed by atoms with van der Waals surface area (Å²) in [7, 11) is 0. The third-order valence-electron chi connectivity index (χ3n) is 3.08. The Kier molecular flexibility index (Phi) is 4.90. The molecule has 1 aromatic carbocycles. The molecule has 0 aliphatic rings. The van der Waals surface area contributed by atoms with E-state index in [0.29, 0.717) is 24.4 Å². The van der Waals surface area contributed by atoms with Crippen molar-refractivity contribution in [2.24, 2.45) is 5.73 Å². The number of nitrogens with two attached hydrogens (primary N) is 1. The number of thiocarbonyl (C=S) groups is 1. The van der Waals surface area contributed by atoms with Crippen molar-refractivity contribution in [3.63, 3.8) is 0 Å². The number of aromatic nitrogens is 2. The zero-order valence-corrected chi connectivity index (χ0v) is 13.1. The van der Waals surface area contributed by atoms with Crippen LogP contribution < -0.4 is 11.1 Å². The maximum Gasteiger partial charge on any atom is 0.221 e. The molecule has 1 aromatic heterocycles. The number of rotatable bonds is 6. The molecule has 0 bridgehead atoms. The van der Waals surface area contributed by atoms with Gasteiger partial charge in [-0.05, 0) is 26.0 Å². The van der Waals surface area contributed by atoms with E-state index in [1.165, 1.54) is 0 Å². The number of para-hydroxylation sites is 2. The van der Waals surface area contributed by atoms with Gasteiger partial charge in [0.15, 0.2) is 0 Å². The van der Waals surface area contributed by atoms with Crippen molar-refractivity contribution < 1.29 is 4.79 Å². The van der Waals surface area contributed by atoms with Gasteiger partial charge < -0.3 is 15.6 Å². The first-order chi connectivity index (χ1) is 9.97. The van der Waals surface area contributed by atoms with Crippen LogP contribution >= 0.6 is 12.2 Å². The van der Waals surface area contributed by atoms with Gasteiger partial charge in [-0.3, -0.25) is 4.79 Å². The minimum Gasteiger partial charge on any atom is -0.393 e. The first kappa shape index (κ1) is 15.4. The molecule has 0 spiro atoms. The Labute approximate surface area is 129 Å². The molecule has 2 rings (SSSR count). The number of aryl methyl sites for hydroxylation is 1. The van der Waals surface area contributed by atoms with E-state index in [2.05, 4.69) is 10.3 Å². The number of imidazole rings is 1. The molecule has 112 valence electrons. The molecule has 0 unspecified atom stereocenters. The molecule has 1 heterocycles. The van der Waals surface area contributed by atoms with Gasteiger partial charge in [-0.25, -0.2) is 4.98 Å². The van der Waals surface area contributed by atoms with Crippen LogP contribution in [0.1, 0.15) is 26.1 Å². The number of amides is 1. The second kappa shape index (κ2) is 6.67. The summed E-state index contributed by atoms with van der Waals surface area (Å²) >= 11 is 4.98. The summed E-state index contributed by atoms with van der Waals surface area (Å²) in [6, 6.07) is 7.98. The summed E-state index contributed by atoms with van der Waals surface area (Å²) in [4.78, 5) is 16.8. The average Bonchev–Trinajstić information content (AvgIpc) is 2.72. The maximum absolute atomic E-state index is 11.8. The lowest BCUT2D eigenvalue weighted by molar-refractivity contribution is -0.121. The highest BCUT2D eigenvalue weighted by molar-refractivity contribution is 7.80. The zero-order valence-electron chi connectivity index (χ0n) is 12.3. The highest BCUT2D eigenvalue weighted by Gasteiger charge is 2.12. The molecule has 2 aromatic rings. The fraction of sp³-hybridized carbons (Fsp3) is 0.400. The van der Waals surface area contributed by atoms with Crippen LogP contribution in [0.2, 0.25) is 0 Å². The Morgan fingerprint density at radius 3 is 2.81 bits per heavy atom. The van der Waals surface area contributed by atoms with Crippen molar-refractivity contribution in [1.29, 1.82) is 0 Å². The Hall–Kier alpha value is -1.95. The second-order valence-electron chi connectivity index (χ2n) is 5.28. The van der Waals surface area contributed by atoms with Gasteiger partial charge in [-0.1, -0.05) is 24.4 Å². The average molecular weight is 304 g/mol. The zero-order chi connectivity index (χ0) is 15.4. The van der Waals surface area contributed by atoms with Crippen LogP contribution in [-0.2, 0) is 17.8 Å². The first-order valence-electron chi connectivity index (χ1n) is 6.99. The van der Waals surface area contributed by atoms with E-state index >= 15 is 0 Å². The van der Waals surface area contributed by atoms with E-state index in [-0.39, 0.29) is 11.9 Å². The van der Waals surface area contributed by atoms with Crippen molar-refractivity contribution in [3.8, 4) is 0 Å². The van der Waals surface area contributed by atoms with Gasteiger partial charge in [0, 0.05) is 19.0 Å². The van der Waals surface area contributed by atoms with Crippen molar-refractivity contribution in [1.82, 2.24) is 14.9 Å². The molecule has 0 aliphatic carbocycles. The molecule has 6 heteroatoms. The smallest absolute Gasteiger partial charge is 0.221 e. The fourth-order valence-corrected chi connectivity index (χ4v) is 2.40. The number of carbonyl (C=O) groups is 1. The summed E-state index contributed by atoms with van der Waals surface area (Å²) in [5.41, 5.74) is 7.53. The predicted octanol–water partition coefficient (Wildman–Crippen LogP) is 1.78. The first-order valence-corrected chi connectivity index (χ1v) is 7.40. The summed E-state index contributed by atoms with van der Waals surface area (Å²) in [6.45, 7) is 4.46. The van der Waals surface area contributed by atoms with Gasteiger partial charge in [0.2, 0.25) is 5.91 Å². The SMILES string of the molecule is CC(C)NC(=O)CCn1c(CC(N)=S)nc2ccccc21. The van der Waals surface area contributed by atoms with Gasteiger partial charge in [-0.15, -0.1) is 0 Å². The van der Waals surface area contributed by atoms with Crippen molar-refractivity contribution in [2.75, 3.05) is 0 Å². The van der Waals surface area contributed by atoms with Crippen LogP contribution in [0.15, 0.2) is 24.3 Å². The molecular formula is C15H20N4OS. The van der Waals surface area contributed by atoms with E-state index in [9.17, 15) is 4.79 Å². The van der Waals surface area contributed by atoms with Crippen LogP contribution in [0.3, 0.4) is 0 Å². The standard InChI is InChI=1S/C15H20N4OS/c1-10(2)17-15(20)7-8-19-12-6-4-3-5-11(12)18-14(19)9-13(16)21/h3-6,10H,7-9H2,1-2H3,(H2,16,21)(H,17,20). The summed E-state index contributed by atoms with van der Waals surface area (Å²) in [6.07, 6.45) is 0.846. The number of fused-ring (bicyclic) bond motifs is 1. The van der Waals surface area contributed by atoms with Crippen LogP contribution in [0.5, 0.6) is 0 Å². The van der Waals surface area contributed by atoms with E-state index in [1.807, 2.05) is 42.7 Å². The van der Waals surface area contributed by atoms with Crippen molar-refractivity contribution >= 4 is 34.1 Å². The Morgan fingerprint density at radius 2 is 2.14 bits per heavy atom. The number of benzene rings is 1. The molecular weight excluding hydrogens is 284 g/mol. The Balaban J connectivity index is 2.23. The highest BCUT2D eigenvalue weighted by atomic mass is 32.1. The molecule has 0 saturated heterocycles. The lowest BCUT2D eigenvalue weighted by Crippen LogP contribution is -2.30. The third kappa shape index (κ3) is 4.01. The van der Waals surface area contributed by atoms with E-state index in [1.54, 1.807) is 0 Å². The Bertz CT molecular complexity index is 663. The quantitative estimate of drug-likeness (QED) is 0.798. The minimum absolute atomic E-state index is 0.0315. The van der Waals surface area contributed by atoms with Gasteiger partial charge in [0.25, 0.3) is 0 Å². The number of hydrogen-bond acceptors (Lipinski definition) is 3. The van der Waals surface area contributed by atoms with Crippen LogP contribution in [0, 0.1) is 0 Å². The molecule has 21 heavy (non-hydrogen) atoms. The lowest BCUT2D eigenvalue weighted by atomic mass is 10.3. The van der Waals surface area contributed by atoms with E-state index < -0.39 is 0 Å². The van der Waals surface area contributed by atoms with E-state index in [0.717, 1.165) is 16.9 Å². The molecule has 0 aliphatic heterocycles. The van der Waals surface area contributed by atoms with Crippen LogP contribution in [-0.4, -0.2) is 26.5 Å². The summed E-state index contributed by atoms with van der Waals surface area (Å²) in [5, 5.41) is 2.89. The predicted molar refractivity (Wildman–Crippen MR) is 88.1 cm³/mol.